The van der Waals surface area contributed by atoms with Gasteiger partial charge in [0.25, 0.3) is 0 Å². The molecule has 0 radical (unpaired) electrons. The van der Waals surface area contributed by atoms with E-state index in [-0.39, 0.29) is 11.9 Å². The molecule has 0 fully saturated rings. The third-order valence-corrected chi connectivity index (χ3v) is 2.44. The Labute approximate surface area is 99.7 Å². The number of nitrogen functional groups attached to an aromatic ring is 1. The summed E-state index contributed by atoms with van der Waals surface area (Å²) in [7, 11) is 0. The summed E-state index contributed by atoms with van der Waals surface area (Å²) in [4.78, 5) is 3.96. The van der Waals surface area contributed by atoms with Crippen LogP contribution in [0.3, 0.4) is 0 Å². The van der Waals surface area contributed by atoms with Gasteiger partial charge in [-0.15, -0.1) is 0 Å². The van der Waals surface area contributed by atoms with E-state index >= 15 is 0 Å². The predicted octanol–water partition coefficient (Wildman–Crippen LogP) is 2.51. The predicted molar refractivity (Wildman–Crippen MR) is 65.8 cm³/mol. The largest absolute Gasteiger partial charge is 0.508 e. The van der Waals surface area contributed by atoms with Gasteiger partial charge in [-0.2, -0.15) is 0 Å². The lowest BCUT2D eigenvalue weighted by molar-refractivity contribution is 0.221. The molecule has 0 aliphatic rings. The minimum atomic E-state index is -0.289. The van der Waals surface area contributed by atoms with Gasteiger partial charge >= 0.3 is 0 Å². The summed E-state index contributed by atoms with van der Waals surface area (Å²) in [5.41, 5.74) is 6.94. The number of rotatable bonds is 3. The quantitative estimate of drug-likeness (QED) is 0.628. The third-order valence-electron chi connectivity index (χ3n) is 2.44. The van der Waals surface area contributed by atoms with Crippen LogP contribution in [0.25, 0.3) is 0 Å². The van der Waals surface area contributed by atoms with Gasteiger partial charge in [0, 0.05) is 17.4 Å². The molecule has 0 aliphatic carbocycles. The van der Waals surface area contributed by atoms with Crippen molar-refractivity contribution in [2.45, 2.75) is 13.0 Å². The summed E-state index contributed by atoms with van der Waals surface area (Å²) in [6.45, 7) is 1.85. The van der Waals surface area contributed by atoms with Crippen LogP contribution in [0, 0.1) is 0 Å². The summed E-state index contributed by atoms with van der Waals surface area (Å²) >= 11 is 0. The molecule has 0 amide bonds. The fourth-order valence-electron chi connectivity index (χ4n) is 1.58. The number of aromatic nitrogens is 1. The normalized spacial score (nSPS) is 12.1. The van der Waals surface area contributed by atoms with Crippen molar-refractivity contribution >= 4 is 5.69 Å². The van der Waals surface area contributed by atoms with Crippen molar-refractivity contribution in [2.24, 2.45) is 0 Å². The number of nitrogens with two attached hydrogens (primary N) is 1. The van der Waals surface area contributed by atoms with Gasteiger partial charge in [0.05, 0.1) is 6.20 Å². The zero-order valence-corrected chi connectivity index (χ0v) is 9.50. The lowest BCUT2D eigenvalue weighted by Crippen LogP contribution is -2.04. The maximum absolute atomic E-state index is 9.73. The monoisotopic (exact) mass is 230 g/mol. The zero-order chi connectivity index (χ0) is 12.3. The van der Waals surface area contributed by atoms with Gasteiger partial charge in [0.2, 0.25) is 0 Å². The van der Waals surface area contributed by atoms with Crippen LogP contribution in [0.4, 0.5) is 5.69 Å². The van der Waals surface area contributed by atoms with Gasteiger partial charge in [-0.3, -0.25) is 4.98 Å². The number of aromatic hydroxyl groups is 1. The Balaban J connectivity index is 2.20. The van der Waals surface area contributed by atoms with E-state index in [9.17, 15) is 5.11 Å². The van der Waals surface area contributed by atoms with Crippen molar-refractivity contribution in [1.82, 2.24) is 4.98 Å². The molecule has 0 bridgehead atoms. The average Bonchev–Trinajstić information content (AvgIpc) is 2.33. The van der Waals surface area contributed by atoms with Crippen molar-refractivity contribution in [3.8, 4) is 11.5 Å². The first-order chi connectivity index (χ1) is 8.16. The molecule has 2 aromatic rings. The summed E-state index contributed by atoms with van der Waals surface area (Å²) in [5, 5.41) is 9.73. The van der Waals surface area contributed by atoms with Crippen LogP contribution in [0.15, 0.2) is 42.7 Å². The summed E-state index contributed by atoms with van der Waals surface area (Å²) in [6, 6.07) is 8.52. The van der Waals surface area contributed by atoms with E-state index in [2.05, 4.69) is 4.98 Å². The van der Waals surface area contributed by atoms with E-state index in [1.165, 1.54) is 0 Å². The second kappa shape index (κ2) is 4.74. The van der Waals surface area contributed by atoms with Gasteiger partial charge in [-0.05, 0) is 37.3 Å². The Morgan fingerprint density at radius 3 is 2.88 bits per heavy atom. The molecular weight excluding hydrogens is 216 g/mol. The molecule has 1 aromatic carbocycles. The molecule has 17 heavy (non-hydrogen) atoms. The molecule has 1 heterocycles. The first-order valence-electron chi connectivity index (χ1n) is 5.32. The maximum atomic E-state index is 9.73. The van der Waals surface area contributed by atoms with E-state index in [1.807, 2.05) is 13.0 Å². The molecule has 1 atom stereocenters. The second-order valence-corrected chi connectivity index (χ2v) is 3.77. The number of anilines is 1. The number of hydrogen-bond acceptors (Lipinski definition) is 4. The van der Waals surface area contributed by atoms with Crippen molar-refractivity contribution in [1.29, 1.82) is 0 Å². The molecular formula is C13H14N2O2. The van der Waals surface area contributed by atoms with Crippen LogP contribution in [-0.4, -0.2) is 10.1 Å². The first-order valence-corrected chi connectivity index (χ1v) is 5.32. The van der Waals surface area contributed by atoms with E-state index in [0.717, 1.165) is 0 Å². The topological polar surface area (TPSA) is 68.4 Å². The summed E-state index contributed by atoms with van der Waals surface area (Å²) in [6.07, 6.45) is 3.01. The molecule has 0 saturated carbocycles. The standard InChI is InChI=1S/C13H14N2O2/c1-9(17-11-3-2-6-15-8-11)12-7-10(14)4-5-13(12)16/h2-9,16H,14H2,1H3. The maximum Gasteiger partial charge on any atom is 0.138 e. The molecule has 3 N–H and O–H groups in total. The van der Waals surface area contributed by atoms with Gasteiger partial charge in [0.1, 0.15) is 17.6 Å². The van der Waals surface area contributed by atoms with Crippen molar-refractivity contribution < 1.29 is 9.84 Å². The fourth-order valence-corrected chi connectivity index (χ4v) is 1.58. The van der Waals surface area contributed by atoms with E-state index in [4.69, 9.17) is 10.5 Å². The Morgan fingerprint density at radius 1 is 1.35 bits per heavy atom. The first kappa shape index (κ1) is 11.3. The summed E-state index contributed by atoms with van der Waals surface area (Å²) in [5.74, 6) is 0.831. The fraction of sp³-hybridized carbons (Fsp3) is 0.154. The Bertz CT molecular complexity index is 500. The smallest absolute Gasteiger partial charge is 0.138 e. The number of hydrogen-bond donors (Lipinski definition) is 2. The highest BCUT2D eigenvalue weighted by molar-refractivity contribution is 5.48. The van der Waals surface area contributed by atoms with Crippen LogP contribution in [0.1, 0.15) is 18.6 Å². The third kappa shape index (κ3) is 2.66. The van der Waals surface area contributed by atoms with Crippen LogP contribution < -0.4 is 10.5 Å². The highest BCUT2D eigenvalue weighted by atomic mass is 16.5. The highest BCUT2D eigenvalue weighted by Crippen LogP contribution is 2.29. The van der Waals surface area contributed by atoms with Crippen molar-refractivity contribution in [3.05, 3.63) is 48.3 Å². The van der Waals surface area contributed by atoms with E-state index < -0.39 is 0 Å². The lowest BCUT2D eigenvalue weighted by Gasteiger charge is -2.16. The van der Waals surface area contributed by atoms with Crippen LogP contribution in [0.2, 0.25) is 0 Å². The Kier molecular flexibility index (Phi) is 3.14. The Morgan fingerprint density at radius 2 is 2.18 bits per heavy atom. The van der Waals surface area contributed by atoms with Gasteiger partial charge < -0.3 is 15.6 Å². The molecule has 0 aliphatic heterocycles. The molecule has 1 aromatic heterocycles. The van der Waals surface area contributed by atoms with Crippen molar-refractivity contribution in [2.75, 3.05) is 5.73 Å². The molecule has 4 heteroatoms. The van der Waals surface area contributed by atoms with E-state index in [1.54, 1.807) is 36.7 Å². The molecule has 2 rings (SSSR count). The lowest BCUT2D eigenvalue weighted by atomic mass is 10.1. The molecule has 88 valence electrons. The molecule has 0 spiro atoms. The van der Waals surface area contributed by atoms with Gasteiger partial charge in [0.15, 0.2) is 0 Å². The number of benzene rings is 1. The Hall–Kier alpha value is -2.23. The molecule has 0 saturated heterocycles. The van der Waals surface area contributed by atoms with Gasteiger partial charge in [-0.1, -0.05) is 0 Å². The van der Waals surface area contributed by atoms with Crippen molar-refractivity contribution in [3.63, 3.8) is 0 Å². The summed E-state index contributed by atoms with van der Waals surface area (Å²) < 4.78 is 5.66. The zero-order valence-electron chi connectivity index (χ0n) is 9.50. The van der Waals surface area contributed by atoms with Gasteiger partial charge in [-0.25, -0.2) is 0 Å². The van der Waals surface area contributed by atoms with Crippen LogP contribution in [-0.2, 0) is 0 Å². The molecule has 1 unspecified atom stereocenters. The number of nitrogens with zero attached hydrogens (tertiary/aromatic N) is 1. The SMILES string of the molecule is CC(Oc1cccnc1)c1cc(N)ccc1O. The number of phenolic OH excluding ortho intramolecular Hbond substituents is 1. The van der Waals surface area contributed by atoms with Crippen LogP contribution >= 0.6 is 0 Å². The number of phenols is 1. The van der Waals surface area contributed by atoms with Crippen LogP contribution in [0.5, 0.6) is 11.5 Å². The average molecular weight is 230 g/mol. The minimum Gasteiger partial charge on any atom is -0.508 e. The number of pyridine rings is 1. The highest BCUT2D eigenvalue weighted by Gasteiger charge is 2.12. The number of ether oxygens (including phenoxy) is 1. The second-order valence-electron chi connectivity index (χ2n) is 3.77. The molecule has 4 nitrogen and oxygen atoms in total. The minimum absolute atomic E-state index is 0.176. The van der Waals surface area contributed by atoms with E-state index in [0.29, 0.717) is 17.0 Å².